The highest BCUT2D eigenvalue weighted by Crippen LogP contribution is 2.24. The van der Waals surface area contributed by atoms with E-state index in [-0.39, 0.29) is 5.91 Å². The van der Waals surface area contributed by atoms with Crippen molar-refractivity contribution in [1.82, 2.24) is 4.90 Å². The van der Waals surface area contributed by atoms with Crippen LogP contribution in [0.15, 0.2) is 18.2 Å². The number of benzene rings is 1. The minimum Gasteiger partial charge on any atom is -0.479 e. The highest BCUT2D eigenvalue weighted by atomic mass is 16.5. The molecule has 4 nitrogen and oxygen atoms in total. The van der Waals surface area contributed by atoms with Gasteiger partial charge in [-0.05, 0) is 50.8 Å². The van der Waals surface area contributed by atoms with Crippen molar-refractivity contribution in [3.05, 3.63) is 23.8 Å². The van der Waals surface area contributed by atoms with E-state index in [4.69, 9.17) is 10.5 Å². The standard InChI is InChI=1S/C15H22N2O2/c1-11-6-7-14(13(16)10-11)19-12(2)15(18)17-8-4-3-5-9-17/h6-7,10,12H,3-5,8-9,16H2,1-2H3. The third kappa shape index (κ3) is 3.40. The molecular formula is C15H22N2O2. The van der Waals surface area contributed by atoms with Gasteiger partial charge in [-0.1, -0.05) is 6.07 Å². The molecule has 1 aliphatic heterocycles. The summed E-state index contributed by atoms with van der Waals surface area (Å²) < 4.78 is 5.70. The quantitative estimate of drug-likeness (QED) is 0.851. The van der Waals surface area contributed by atoms with E-state index < -0.39 is 6.10 Å². The minimum absolute atomic E-state index is 0.0553. The summed E-state index contributed by atoms with van der Waals surface area (Å²) in [5.74, 6) is 0.642. The summed E-state index contributed by atoms with van der Waals surface area (Å²) in [5, 5.41) is 0. The first-order valence-electron chi connectivity index (χ1n) is 6.89. The molecule has 0 bridgehead atoms. The molecule has 1 saturated heterocycles. The molecule has 104 valence electrons. The van der Waals surface area contributed by atoms with Gasteiger partial charge in [0.15, 0.2) is 6.10 Å². The Hall–Kier alpha value is -1.71. The van der Waals surface area contributed by atoms with Crippen molar-refractivity contribution in [2.24, 2.45) is 0 Å². The van der Waals surface area contributed by atoms with Crippen LogP contribution in [-0.4, -0.2) is 30.0 Å². The SMILES string of the molecule is Cc1ccc(OC(C)C(=O)N2CCCCC2)c(N)c1. The highest BCUT2D eigenvalue weighted by Gasteiger charge is 2.23. The molecule has 1 aliphatic rings. The molecule has 0 saturated carbocycles. The van der Waals surface area contributed by atoms with Gasteiger partial charge in [-0.25, -0.2) is 0 Å². The van der Waals surface area contributed by atoms with Crippen LogP contribution in [0.2, 0.25) is 0 Å². The second-order valence-electron chi connectivity index (χ2n) is 5.19. The number of carbonyl (C=O) groups excluding carboxylic acids is 1. The van der Waals surface area contributed by atoms with Crippen molar-refractivity contribution in [2.45, 2.75) is 39.2 Å². The molecule has 19 heavy (non-hydrogen) atoms. The lowest BCUT2D eigenvalue weighted by molar-refractivity contribution is -0.138. The van der Waals surface area contributed by atoms with E-state index in [1.807, 2.05) is 30.0 Å². The first kappa shape index (κ1) is 13.7. The van der Waals surface area contributed by atoms with Gasteiger partial charge >= 0.3 is 0 Å². The number of nitrogens with two attached hydrogens (primary N) is 1. The average Bonchev–Trinajstić information content (AvgIpc) is 2.42. The maximum Gasteiger partial charge on any atom is 0.263 e. The van der Waals surface area contributed by atoms with E-state index in [2.05, 4.69) is 0 Å². The summed E-state index contributed by atoms with van der Waals surface area (Å²) >= 11 is 0. The lowest BCUT2D eigenvalue weighted by atomic mass is 10.1. The van der Waals surface area contributed by atoms with Gasteiger partial charge in [0.25, 0.3) is 5.91 Å². The second kappa shape index (κ2) is 5.95. The van der Waals surface area contributed by atoms with E-state index in [1.54, 1.807) is 6.92 Å². The van der Waals surface area contributed by atoms with E-state index >= 15 is 0 Å². The van der Waals surface area contributed by atoms with Crippen LogP contribution in [0.4, 0.5) is 5.69 Å². The minimum atomic E-state index is -0.483. The Bertz CT molecular complexity index is 453. The molecule has 0 aromatic heterocycles. The Kier molecular flexibility index (Phi) is 4.30. The fraction of sp³-hybridized carbons (Fsp3) is 0.533. The van der Waals surface area contributed by atoms with Gasteiger partial charge < -0.3 is 15.4 Å². The number of nitrogen functional groups attached to an aromatic ring is 1. The smallest absolute Gasteiger partial charge is 0.263 e. The number of carbonyl (C=O) groups is 1. The highest BCUT2D eigenvalue weighted by molar-refractivity contribution is 5.81. The zero-order chi connectivity index (χ0) is 13.8. The van der Waals surface area contributed by atoms with Crippen LogP contribution in [0.25, 0.3) is 0 Å². The summed E-state index contributed by atoms with van der Waals surface area (Å²) in [6.07, 6.45) is 2.91. The number of anilines is 1. The molecule has 2 N–H and O–H groups in total. The summed E-state index contributed by atoms with van der Waals surface area (Å²) in [5.41, 5.74) is 7.56. The number of nitrogens with zero attached hydrogens (tertiary/aromatic N) is 1. The first-order valence-corrected chi connectivity index (χ1v) is 6.89. The Morgan fingerprint density at radius 1 is 1.32 bits per heavy atom. The Morgan fingerprint density at radius 2 is 2.00 bits per heavy atom. The van der Waals surface area contributed by atoms with Crippen molar-refractivity contribution in [3.63, 3.8) is 0 Å². The van der Waals surface area contributed by atoms with Crippen molar-refractivity contribution < 1.29 is 9.53 Å². The number of hydrogen-bond donors (Lipinski definition) is 1. The molecular weight excluding hydrogens is 240 g/mol. The van der Waals surface area contributed by atoms with Crippen LogP contribution in [-0.2, 0) is 4.79 Å². The van der Waals surface area contributed by atoms with Crippen LogP contribution in [0.1, 0.15) is 31.7 Å². The number of ether oxygens (including phenoxy) is 1. The van der Waals surface area contributed by atoms with Gasteiger partial charge in [0.2, 0.25) is 0 Å². The summed E-state index contributed by atoms with van der Waals surface area (Å²) in [4.78, 5) is 14.1. The summed E-state index contributed by atoms with van der Waals surface area (Å²) in [7, 11) is 0. The normalized spacial score (nSPS) is 17.1. The lowest BCUT2D eigenvalue weighted by Crippen LogP contribution is -2.43. The third-order valence-electron chi connectivity index (χ3n) is 3.48. The van der Waals surface area contributed by atoms with Crippen molar-refractivity contribution >= 4 is 11.6 Å². The zero-order valence-corrected chi connectivity index (χ0v) is 11.7. The summed E-state index contributed by atoms with van der Waals surface area (Å²) in [6.45, 7) is 5.45. The van der Waals surface area contributed by atoms with Gasteiger partial charge in [0.1, 0.15) is 5.75 Å². The van der Waals surface area contributed by atoms with E-state index in [0.717, 1.165) is 31.5 Å². The molecule has 1 amide bonds. The first-order chi connectivity index (χ1) is 9.08. The van der Waals surface area contributed by atoms with Gasteiger partial charge in [0, 0.05) is 13.1 Å². The maximum atomic E-state index is 12.2. The Labute approximate surface area is 114 Å². The maximum absolute atomic E-state index is 12.2. The largest absolute Gasteiger partial charge is 0.479 e. The molecule has 1 aromatic carbocycles. The molecule has 4 heteroatoms. The monoisotopic (exact) mass is 262 g/mol. The van der Waals surface area contributed by atoms with Crippen molar-refractivity contribution in [3.8, 4) is 5.75 Å². The van der Waals surface area contributed by atoms with Gasteiger partial charge in [-0.3, -0.25) is 4.79 Å². The predicted molar refractivity (Wildman–Crippen MR) is 76.1 cm³/mol. The van der Waals surface area contributed by atoms with Crippen LogP contribution in [0.5, 0.6) is 5.75 Å². The number of piperidine rings is 1. The fourth-order valence-electron chi connectivity index (χ4n) is 2.39. The van der Waals surface area contributed by atoms with Gasteiger partial charge in [-0.15, -0.1) is 0 Å². The fourth-order valence-corrected chi connectivity index (χ4v) is 2.39. The van der Waals surface area contributed by atoms with Crippen LogP contribution < -0.4 is 10.5 Å². The molecule has 1 fully saturated rings. The summed E-state index contributed by atoms with van der Waals surface area (Å²) in [6, 6.07) is 5.61. The number of hydrogen-bond acceptors (Lipinski definition) is 3. The number of likely N-dealkylation sites (tertiary alicyclic amines) is 1. The van der Waals surface area contributed by atoms with E-state index in [9.17, 15) is 4.79 Å². The van der Waals surface area contributed by atoms with Crippen LogP contribution in [0, 0.1) is 6.92 Å². The average molecular weight is 262 g/mol. The second-order valence-corrected chi connectivity index (χ2v) is 5.19. The van der Waals surface area contributed by atoms with E-state index in [1.165, 1.54) is 6.42 Å². The van der Waals surface area contributed by atoms with Crippen LogP contribution in [0.3, 0.4) is 0 Å². The topological polar surface area (TPSA) is 55.6 Å². The molecule has 1 aromatic rings. The predicted octanol–water partition coefficient (Wildman–Crippen LogP) is 2.36. The number of rotatable bonds is 3. The molecule has 1 heterocycles. The van der Waals surface area contributed by atoms with E-state index in [0.29, 0.717) is 11.4 Å². The molecule has 1 atom stereocenters. The van der Waals surface area contributed by atoms with Crippen molar-refractivity contribution in [2.75, 3.05) is 18.8 Å². The third-order valence-corrected chi connectivity index (χ3v) is 3.48. The Balaban J connectivity index is 1.99. The molecule has 0 spiro atoms. The number of amides is 1. The molecule has 0 aliphatic carbocycles. The lowest BCUT2D eigenvalue weighted by Gasteiger charge is -2.29. The Morgan fingerprint density at radius 3 is 2.63 bits per heavy atom. The zero-order valence-electron chi connectivity index (χ0n) is 11.7. The van der Waals surface area contributed by atoms with Gasteiger partial charge in [0.05, 0.1) is 5.69 Å². The van der Waals surface area contributed by atoms with Crippen LogP contribution >= 0.6 is 0 Å². The molecule has 0 radical (unpaired) electrons. The van der Waals surface area contributed by atoms with Gasteiger partial charge in [-0.2, -0.15) is 0 Å². The van der Waals surface area contributed by atoms with Crippen molar-refractivity contribution in [1.29, 1.82) is 0 Å². The molecule has 1 unspecified atom stereocenters. The molecule has 2 rings (SSSR count). The number of aryl methyl sites for hydroxylation is 1.